The van der Waals surface area contributed by atoms with Gasteiger partial charge in [-0.3, -0.25) is 0 Å². The van der Waals surface area contributed by atoms with Gasteiger partial charge in [0.2, 0.25) is 0 Å². The van der Waals surface area contributed by atoms with Crippen molar-refractivity contribution in [1.29, 1.82) is 0 Å². The van der Waals surface area contributed by atoms with E-state index in [9.17, 15) is 0 Å². The monoisotopic (exact) mass is 625 g/mol. The molecule has 0 saturated carbocycles. The summed E-state index contributed by atoms with van der Waals surface area (Å²) in [6, 6.07) is 56.9. The smallest absolute Gasteiger partial charge is 0.164 e. The zero-order valence-electron chi connectivity index (χ0n) is 26.3. The van der Waals surface area contributed by atoms with Crippen LogP contribution in [-0.4, -0.2) is 15.0 Å². The summed E-state index contributed by atoms with van der Waals surface area (Å²) in [5.74, 6) is 1.90. The molecule has 0 amide bonds. The fraction of sp³-hybridized carbons (Fsp3) is 0. The second-order valence-electron chi connectivity index (χ2n) is 12.4. The lowest BCUT2D eigenvalue weighted by Gasteiger charge is -2.12. The van der Waals surface area contributed by atoms with Gasteiger partial charge in [-0.1, -0.05) is 140 Å². The predicted octanol–water partition coefficient (Wildman–Crippen LogP) is 11.9. The quantitative estimate of drug-likeness (QED) is 0.183. The number of hydrogen-bond donors (Lipinski definition) is 0. The molecule has 0 saturated heterocycles. The van der Waals surface area contributed by atoms with E-state index < -0.39 is 0 Å². The van der Waals surface area contributed by atoms with Gasteiger partial charge >= 0.3 is 0 Å². The first-order valence-electron chi connectivity index (χ1n) is 16.4. The van der Waals surface area contributed by atoms with Crippen LogP contribution in [0.2, 0.25) is 0 Å². The van der Waals surface area contributed by atoms with Crippen LogP contribution >= 0.6 is 0 Å². The Hall–Kier alpha value is -6.65. The van der Waals surface area contributed by atoms with Crippen LogP contribution in [0.25, 0.3) is 99.5 Å². The fourth-order valence-electron chi connectivity index (χ4n) is 7.11. The van der Waals surface area contributed by atoms with E-state index in [4.69, 9.17) is 19.4 Å². The minimum Gasteiger partial charge on any atom is -0.455 e. The molecule has 0 aliphatic carbocycles. The molecule has 0 unspecified atom stereocenters. The first-order valence-corrected chi connectivity index (χ1v) is 16.4. The van der Waals surface area contributed by atoms with Gasteiger partial charge in [-0.15, -0.1) is 0 Å². The Labute approximate surface area is 282 Å². The highest BCUT2D eigenvalue weighted by Crippen LogP contribution is 2.43. The number of nitrogens with zero attached hydrogens (tertiary/aromatic N) is 3. The molecule has 4 nitrogen and oxygen atoms in total. The number of furan rings is 1. The molecule has 10 rings (SSSR count). The molecule has 10 aromatic rings. The first kappa shape index (κ1) is 27.5. The third-order valence-corrected chi connectivity index (χ3v) is 9.46. The molecule has 0 fully saturated rings. The Morgan fingerprint density at radius 1 is 0.347 bits per heavy atom. The Morgan fingerprint density at radius 3 is 1.78 bits per heavy atom. The number of rotatable bonds is 4. The number of para-hydroxylation sites is 1. The van der Waals surface area contributed by atoms with Gasteiger partial charge in [0.15, 0.2) is 17.5 Å². The maximum atomic E-state index is 6.68. The summed E-state index contributed by atoms with van der Waals surface area (Å²) in [6.07, 6.45) is 0. The van der Waals surface area contributed by atoms with Crippen molar-refractivity contribution in [3.63, 3.8) is 0 Å². The predicted molar refractivity (Wildman–Crippen MR) is 201 cm³/mol. The molecule has 0 bridgehead atoms. The fourth-order valence-corrected chi connectivity index (χ4v) is 7.11. The molecule has 0 N–H and O–H groups in total. The number of fused-ring (bicyclic) bond motifs is 8. The van der Waals surface area contributed by atoms with Gasteiger partial charge in [0.25, 0.3) is 0 Å². The van der Waals surface area contributed by atoms with Crippen LogP contribution in [0.5, 0.6) is 0 Å². The van der Waals surface area contributed by atoms with Gasteiger partial charge in [-0.25, -0.2) is 15.0 Å². The molecule has 2 aromatic heterocycles. The summed E-state index contributed by atoms with van der Waals surface area (Å²) in [6.45, 7) is 0. The SMILES string of the molecule is c1ccc(-c2nc(-c3cccc(-c4cc5ccc6ccccc6c5c5oc6ccccc6c45)c3)nc(-c3ccc4ccccc4c3)n2)cc1. The molecule has 4 heteroatoms. The van der Waals surface area contributed by atoms with Crippen LogP contribution < -0.4 is 0 Å². The van der Waals surface area contributed by atoms with E-state index in [1.807, 2.05) is 36.4 Å². The van der Waals surface area contributed by atoms with Crippen LogP contribution in [0.15, 0.2) is 168 Å². The molecular formula is C45H27N3O. The van der Waals surface area contributed by atoms with Crippen LogP contribution in [-0.2, 0) is 0 Å². The van der Waals surface area contributed by atoms with Gasteiger partial charge in [0.05, 0.1) is 0 Å². The minimum absolute atomic E-state index is 0.624. The van der Waals surface area contributed by atoms with Crippen molar-refractivity contribution in [3.8, 4) is 45.3 Å². The van der Waals surface area contributed by atoms with Crippen molar-refractivity contribution in [2.45, 2.75) is 0 Å². The van der Waals surface area contributed by atoms with Crippen molar-refractivity contribution in [3.05, 3.63) is 164 Å². The van der Waals surface area contributed by atoms with E-state index in [0.29, 0.717) is 17.5 Å². The molecule has 8 aromatic carbocycles. The molecule has 2 heterocycles. The maximum absolute atomic E-state index is 6.68. The van der Waals surface area contributed by atoms with E-state index >= 15 is 0 Å². The summed E-state index contributed by atoms with van der Waals surface area (Å²) < 4.78 is 6.68. The van der Waals surface area contributed by atoms with Crippen LogP contribution in [0.1, 0.15) is 0 Å². The highest BCUT2D eigenvalue weighted by Gasteiger charge is 2.19. The van der Waals surface area contributed by atoms with Gasteiger partial charge in [-0.2, -0.15) is 0 Å². The second-order valence-corrected chi connectivity index (χ2v) is 12.4. The van der Waals surface area contributed by atoms with Crippen LogP contribution in [0.3, 0.4) is 0 Å². The third-order valence-electron chi connectivity index (χ3n) is 9.46. The van der Waals surface area contributed by atoms with Crippen molar-refractivity contribution in [2.24, 2.45) is 0 Å². The second kappa shape index (κ2) is 11.0. The summed E-state index contributed by atoms with van der Waals surface area (Å²) in [5, 5.41) is 9.17. The molecule has 0 aliphatic rings. The average molecular weight is 626 g/mol. The molecular weight excluding hydrogens is 599 g/mol. The van der Waals surface area contributed by atoms with Gasteiger partial charge in [0.1, 0.15) is 11.2 Å². The van der Waals surface area contributed by atoms with E-state index in [1.54, 1.807) is 0 Å². The van der Waals surface area contributed by atoms with Crippen molar-refractivity contribution < 1.29 is 4.42 Å². The summed E-state index contributed by atoms with van der Waals surface area (Å²) in [4.78, 5) is 15.1. The summed E-state index contributed by atoms with van der Waals surface area (Å²) in [7, 11) is 0. The Kier molecular flexibility index (Phi) is 6.15. The van der Waals surface area contributed by atoms with Gasteiger partial charge in [0, 0.05) is 32.8 Å². The number of aromatic nitrogens is 3. The Morgan fingerprint density at radius 2 is 0.939 bits per heavy atom. The van der Waals surface area contributed by atoms with Gasteiger partial charge in [-0.05, 0) is 62.3 Å². The van der Waals surface area contributed by atoms with Gasteiger partial charge < -0.3 is 4.42 Å². The Balaban J connectivity index is 1.20. The topological polar surface area (TPSA) is 51.8 Å². The summed E-state index contributed by atoms with van der Waals surface area (Å²) >= 11 is 0. The standard InChI is InChI=1S/C45H27N3O/c1-2-13-30(14-3-1)43-46-44(48-45(47-43)35-24-21-28-11-4-5-15-31(28)25-35)34-17-10-16-32(26-34)38-27-33-23-22-29-12-6-7-18-36(29)40(33)42-41(38)37-19-8-9-20-39(37)49-42/h1-27H. The number of hydrogen-bond acceptors (Lipinski definition) is 4. The maximum Gasteiger partial charge on any atom is 0.164 e. The van der Waals surface area contributed by atoms with Crippen LogP contribution in [0.4, 0.5) is 0 Å². The van der Waals surface area contributed by atoms with Crippen molar-refractivity contribution in [2.75, 3.05) is 0 Å². The minimum atomic E-state index is 0.624. The molecule has 0 aliphatic heterocycles. The zero-order valence-corrected chi connectivity index (χ0v) is 26.3. The first-order chi connectivity index (χ1) is 24.3. The highest BCUT2D eigenvalue weighted by molar-refractivity contribution is 6.27. The van der Waals surface area contributed by atoms with E-state index in [2.05, 4.69) is 127 Å². The molecule has 49 heavy (non-hydrogen) atoms. The van der Waals surface area contributed by atoms with E-state index in [1.165, 1.54) is 16.2 Å². The highest BCUT2D eigenvalue weighted by atomic mass is 16.3. The normalized spacial score (nSPS) is 11.7. The lowest BCUT2D eigenvalue weighted by Crippen LogP contribution is -2.00. The molecule has 228 valence electrons. The Bertz CT molecular complexity index is 2890. The zero-order chi connectivity index (χ0) is 32.3. The third kappa shape index (κ3) is 4.57. The number of benzene rings is 8. The van der Waals surface area contributed by atoms with E-state index in [-0.39, 0.29) is 0 Å². The molecule has 0 atom stereocenters. The average Bonchev–Trinajstić information content (AvgIpc) is 3.57. The van der Waals surface area contributed by atoms with Crippen LogP contribution in [0, 0.1) is 0 Å². The van der Waals surface area contributed by atoms with E-state index in [0.717, 1.165) is 65.9 Å². The van der Waals surface area contributed by atoms with Crippen molar-refractivity contribution >= 4 is 54.3 Å². The largest absolute Gasteiger partial charge is 0.455 e. The lowest BCUT2D eigenvalue weighted by atomic mass is 9.92. The lowest BCUT2D eigenvalue weighted by molar-refractivity contribution is 0.673. The molecule has 0 spiro atoms. The van der Waals surface area contributed by atoms with Crippen molar-refractivity contribution in [1.82, 2.24) is 15.0 Å². The summed E-state index contributed by atoms with van der Waals surface area (Å²) in [5.41, 5.74) is 6.76. The molecule has 0 radical (unpaired) electrons.